The molecule has 110 valence electrons. The van der Waals surface area contributed by atoms with Crippen molar-refractivity contribution in [1.82, 2.24) is 0 Å². The zero-order valence-electron chi connectivity index (χ0n) is 11.2. The van der Waals surface area contributed by atoms with E-state index in [1.165, 1.54) is 25.5 Å². The highest BCUT2D eigenvalue weighted by Crippen LogP contribution is 2.33. The first-order chi connectivity index (χ1) is 10.1. The van der Waals surface area contributed by atoms with E-state index >= 15 is 0 Å². The topological polar surface area (TPSA) is 51.0 Å². The van der Waals surface area contributed by atoms with E-state index in [2.05, 4.69) is 21.1 Å². The first-order valence-corrected chi connectivity index (χ1v) is 6.85. The molecule has 0 aliphatic carbocycles. The fourth-order valence-electron chi connectivity index (χ4n) is 1.73. The first kappa shape index (κ1) is 15.3. The van der Waals surface area contributed by atoms with E-state index in [0.29, 0.717) is 21.5 Å². The minimum Gasteiger partial charge on any atom is -0.493 e. The summed E-state index contributed by atoms with van der Waals surface area (Å²) in [5.41, 5.74) is 1.50. The molecule has 2 aromatic rings. The fraction of sp³-hybridized carbons (Fsp3) is 0.133. The van der Waals surface area contributed by atoms with Gasteiger partial charge in [0.2, 0.25) is 0 Å². The molecule has 0 saturated carbocycles. The molecule has 0 aromatic heterocycles. The highest BCUT2D eigenvalue weighted by atomic mass is 79.9. The summed E-state index contributed by atoms with van der Waals surface area (Å²) in [6.45, 7) is 0.288. The number of hydrogen-bond donors (Lipinski definition) is 1. The fourth-order valence-corrected chi connectivity index (χ4v) is 2.15. The lowest BCUT2D eigenvalue weighted by molar-refractivity contribution is 0.284. The Hall–Kier alpha value is -2.08. The lowest BCUT2D eigenvalue weighted by Gasteiger charge is -2.12. The van der Waals surface area contributed by atoms with Crippen LogP contribution in [-0.4, -0.2) is 18.5 Å². The molecule has 6 heteroatoms. The van der Waals surface area contributed by atoms with Crippen LogP contribution in [0.2, 0.25) is 0 Å². The summed E-state index contributed by atoms with van der Waals surface area (Å²) in [6.07, 6.45) is 1.29. The van der Waals surface area contributed by atoms with Crippen LogP contribution in [0.4, 0.5) is 4.39 Å². The Labute approximate surface area is 129 Å². The van der Waals surface area contributed by atoms with Crippen LogP contribution in [-0.2, 0) is 6.61 Å². The molecule has 0 amide bonds. The van der Waals surface area contributed by atoms with Crippen LogP contribution in [0.5, 0.6) is 11.5 Å². The van der Waals surface area contributed by atoms with Crippen molar-refractivity contribution in [3.63, 3.8) is 0 Å². The third-order valence-electron chi connectivity index (χ3n) is 2.79. The van der Waals surface area contributed by atoms with Crippen molar-refractivity contribution < 1.29 is 19.1 Å². The lowest BCUT2D eigenvalue weighted by atomic mass is 10.2. The van der Waals surface area contributed by atoms with Crippen LogP contribution >= 0.6 is 15.9 Å². The van der Waals surface area contributed by atoms with Gasteiger partial charge in [-0.3, -0.25) is 0 Å². The molecule has 2 aromatic carbocycles. The molecule has 0 saturated heterocycles. The van der Waals surface area contributed by atoms with E-state index in [-0.39, 0.29) is 12.4 Å². The highest BCUT2D eigenvalue weighted by Gasteiger charge is 2.10. The van der Waals surface area contributed by atoms with E-state index in [1.807, 2.05) is 0 Å². The smallest absolute Gasteiger partial charge is 0.162 e. The van der Waals surface area contributed by atoms with Crippen molar-refractivity contribution in [3.8, 4) is 11.5 Å². The van der Waals surface area contributed by atoms with Crippen molar-refractivity contribution >= 4 is 22.1 Å². The first-order valence-electron chi connectivity index (χ1n) is 6.06. The molecular formula is C15H13BrFNO3. The summed E-state index contributed by atoms with van der Waals surface area (Å²) < 4.78 is 24.5. The molecular weight excluding hydrogens is 341 g/mol. The summed E-state index contributed by atoms with van der Waals surface area (Å²) in [5.74, 6) is 0.755. The van der Waals surface area contributed by atoms with Crippen LogP contribution < -0.4 is 9.47 Å². The van der Waals surface area contributed by atoms with Crippen molar-refractivity contribution in [2.24, 2.45) is 5.16 Å². The van der Waals surface area contributed by atoms with E-state index in [9.17, 15) is 4.39 Å². The second kappa shape index (κ2) is 7.08. The molecule has 0 aliphatic heterocycles. The predicted octanol–water partition coefficient (Wildman–Crippen LogP) is 3.98. The number of rotatable bonds is 5. The number of benzene rings is 2. The summed E-state index contributed by atoms with van der Waals surface area (Å²) in [5, 5.41) is 11.6. The predicted molar refractivity (Wildman–Crippen MR) is 80.8 cm³/mol. The van der Waals surface area contributed by atoms with Gasteiger partial charge in [0.1, 0.15) is 12.4 Å². The van der Waals surface area contributed by atoms with Crippen LogP contribution in [0, 0.1) is 5.82 Å². The van der Waals surface area contributed by atoms with Crippen LogP contribution in [0.15, 0.2) is 46.0 Å². The molecule has 1 N–H and O–H groups in total. The molecule has 0 atom stereocenters. The average Bonchev–Trinajstić information content (AvgIpc) is 2.49. The molecule has 0 fully saturated rings. The zero-order valence-corrected chi connectivity index (χ0v) is 12.8. The van der Waals surface area contributed by atoms with Crippen molar-refractivity contribution in [2.75, 3.05) is 7.11 Å². The summed E-state index contributed by atoms with van der Waals surface area (Å²) in [6, 6.07) is 9.48. The maximum atomic E-state index is 12.8. The Bertz CT molecular complexity index is 644. The molecule has 0 unspecified atom stereocenters. The second-order valence-electron chi connectivity index (χ2n) is 4.18. The van der Waals surface area contributed by atoms with Gasteiger partial charge in [-0.05, 0) is 45.8 Å². The largest absolute Gasteiger partial charge is 0.493 e. The van der Waals surface area contributed by atoms with Crippen molar-refractivity contribution in [1.29, 1.82) is 0 Å². The minimum absolute atomic E-state index is 0.285. The number of oxime groups is 1. The molecule has 0 bridgehead atoms. The third-order valence-corrected chi connectivity index (χ3v) is 3.47. The Kier molecular flexibility index (Phi) is 5.16. The number of ether oxygens (including phenoxy) is 2. The van der Waals surface area contributed by atoms with Crippen LogP contribution in [0.3, 0.4) is 0 Å². The molecule has 4 nitrogen and oxygen atoms in total. The van der Waals surface area contributed by atoms with E-state index in [1.54, 1.807) is 24.3 Å². The summed E-state index contributed by atoms with van der Waals surface area (Å²) >= 11 is 3.36. The standard InChI is InChI=1S/C15H13BrFNO3/c1-20-14-6-11(8-18-19)13(16)7-15(14)21-9-10-2-4-12(17)5-3-10/h2-8,19H,9H2,1H3. The summed E-state index contributed by atoms with van der Waals surface area (Å²) in [7, 11) is 1.52. The maximum Gasteiger partial charge on any atom is 0.162 e. The minimum atomic E-state index is -0.285. The van der Waals surface area contributed by atoms with Gasteiger partial charge < -0.3 is 14.7 Å². The molecule has 0 spiro atoms. The third kappa shape index (κ3) is 3.95. The second-order valence-corrected chi connectivity index (χ2v) is 5.04. The normalized spacial score (nSPS) is 10.8. The van der Waals surface area contributed by atoms with Gasteiger partial charge in [0, 0.05) is 10.0 Å². The van der Waals surface area contributed by atoms with Gasteiger partial charge in [-0.2, -0.15) is 0 Å². The van der Waals surface area contributed by atoms with Crippen molar-refractivity contribution in [3.05, 3.63) is 57.8 Å². The number of halogens is 2. The van der Waals surface area contributed by atoms with Gasteiger partial charge in [-0.25, -0.2) is 4.39 Å². The highest BCUT2D eigenvalue weighted by molar-refractivity contribution is 9.10. The SMILES string of the molecule is COc1cc(C=NO)c(Br)cc1OCc1ccc(F)cc1. The van der Waals surface area contributed by atoms with Crippen LogP contribution in [0.1, 0.15) is 11.1 Å². The van der Waals surface area contributed by atoms with Crippen molar-refractivity contribution in [2.45, 2.75) is 6.61 Å². The van der Waals surface area contributed by atoms with Gasteiger partial charge in [0.25, 0.3) is 0 Å². The number of methoxy groups -OCH3 is 1. The Balaban J connectivity index is 2.19. The van der Waals surface area contributed by atoms with Gasteiger partial charge in [0.15, 0.2) is 11.5 Å². The zero-order chi connectivity index (χ0) is 15.2. The molecule has 0 radical (unpaired) electrons. The monoisotopic (exact) mass is 353 g/mol. The van der Waals surface area contributed by atoms with Gasteiger partial charge in [-0.15, -0.1) is 0 Å². The van der Waals surface area contributed by atoms with Gasteiger partial charge in [0.05, 0.1) is 13.3 Å². The van der Waals surface area contributed by atoms with Gasteiger partial charge in [-0.1, -0.05) is 17.3 Å². The number of nitrogens with zero attached hydrogens (tertiary/aromatic N) is 1. The van der Waals surface area contributed by atoms with Crippen LogP contribution in [0.25, 0.3) is 0 Å². The Morgan fingerprint density at radius 3 is 2.57 bits per heavy atom. The quantitative estimate of drug-likeness (QED) is 0.502. The summed E-state index contributed by atoms with van der Waals surface area (Å²) in [4.78, 5) is 0. The molecule has 2 rings (SSSR count). The Morgan fingerprint density at radius 1 is 1.24 bits per heavy atom. The lowest BCUT2D eigenvalue weighted by Crippen LogP contribution is -1.99. The van der Waals surface area contributed by atoms with Gasteiger partial charge >= 0.3 is 0 Å². The number of hydrogen-bond acceptors (Lipinski definition) is 4. The van der Waals surface area contributed by atoms with E-state index < -0.39 is 0 Å². The molecule has 0 aliphatic rings. The Morgan fingerprint density at radius 2 is 1.95 bits per heavy atom. The average molecular weight is 354 g/mol. The van der Waals surface area contributed by atoms with E-state index in [0.717, 1.165) is 5.56 Å². The van der Waals surface area contributed by atoms with E-state index in [4.69, 9.17) is 14.7 Å². The maximum absolute atomic E-state index is 12.8. The molecule has 21 heavy (non-hydrogen) atoms. The molecule has 0 heterocycles.